The van der Waals surface area contributed by atoms with Gasteiger partial charge in [-0.3, -0.25) is 4.79 Å². The van der Waals surface area contributed by atoms with Crippen molar-refractivity contribution in [3.05, 3.63) is 64.2 Å². The summed E-state index contributed by atoms with van der Waals surface area (Å²) in [6, 6.07) is 10.0. The van der Waals surface area contributed by atoms with Gasteiger partial charge in [-0.15, -0.1) is 0 Å². The van der Waals surface area contributed by atoms with Crippen molar-refractivity contribution in [1.29, 1.82) is 0 Å². The molecule has 4 nitrogen and oxygen atoms in total. The third-order valence-corrected chi connectivity index (χ3v) is 3.70. The second-order valence-corrected chi connectivity index (χ2v) is 6.20. The maximum absolute atomic E-state index is 12.3. The molecule has 4 heteroatoms. The number of aryl methyl sites for hydroxylation is 1. The van der Waals surface area contributed by atoms with Crippen LogP contribution in [0.5, 0.6) is 0 Å². The Labute approximate surface area is 137 Å². The molecule has 0 unspecified atom stereocenters. The highest BCUT2D eigenvalue weighted by Gasteiger charge is 2.14. The molecule has 0 radical (unpaired) electrons. The maximum atomic E-state index is 12.3. The van der Waals surface area contributed by atoms with Crippen LogP contribution in [0.1, 0.15) is 44.4 Å². The lowest BCUT2D eigenvalue weighted by Crippen LogP contribution is -2.26. The molecular formula is C19H25N3O. The first kappa shape index (κ1) is 17.0. The summed E-state index contributed by atoms with van der Waals surface area (Å²) in [6.45, 7) is 10.2. The number of hydrogen-bond donors (Lipinski definition) is 1. The summed E-state index contributed by atoms with van der Waals surface area (Å²) in [5.41, 5.74) is 10.0. The highest BCUT2D eigenvalue weighted by Crippen LogP contribution is 2.27. The second kappa shape index (κ2) is 7.27. The monoisotopic (exact) mass is 311 g/mol. The van der Waals surface area contributed by atoms with Crippen molar-refractivity contribution in [2.24, 2.45) is 5.73 Å². The Morgan fingerprint density at radius 2 is 2.09 bits per heavy atom. The van der Waals surface area contributed by atoms with Crippen molar-refractivity contribution in [3.8, 4) is 11.1 Å². The molecule has 2 N–H and O–H groups in total. The Morgan fingerprint density at radius 3 is 2.70 bits per heavy atom. The number of allylic oxidation sites excluding steroid dienone is 1. The fourth-order valence-corrected chi connectivity index (χ4v) is 2.65. The van der Waals surface area contributed by atoms with Gasteiger partial charge < -0.3 is 5.73 Å². The SMILES string of the molecule is C=C(N)Cn1nc(C(C)C)c(-c2cccc(CCC)c2)cc1=O. The van der Waals surface area contributed by atoms with Crippen LogP contribution in [0.4, 0.5) is 0 Å². The van der Waals surface area contributed by atoms with Gasteiger partial charge >= 0.3 is 0 Å². The first-order valence-electron chi connectivity index (χ1n) is 8.07. The zero-order valence-corrected chi connectivity index (χ0v) is 14.2. The van der Waals surface area contributed by atoms with Crippen molar-refractivity contribution in [3.63, 3.8) is 0 Å². The number of hydrogen-bond acceptors (Lipinski definition) is 3. The van der Waals surface area contributed by atoms with Gasteiger partial charge in [0.1, 0.15) is 0 Å². The highest BCUT2D eigenvalue weighted by atomic mass is 16.1. The van der Waals surface area contributed by atoms with E-state index in [1.54, 1.807) is 6.07 Å². The predicted octanol–water partition coefficient (Wildman–Crippen LogP) is 3.46. The van der Waals surface area contributed by atoms with Crippen LogP contribution >= 0.6 is 0 Å². The van der Waals surface area contributed by atoms with Crippen molar-refractivity contribution in [2.75, 3.05) is 0 Å². The van der Waals surface area contributed by atoms with E-state index >= 15 is 0 Å². The van der Waals surface area contributed by atoms with Gasteiger partial charge in [0.15, 0.2) is 0 Å². The minimum atomic E-state index is -0.156. The Balaban J connectivity index is 2.57. The molecule has 0 atom stereocenters. The van der Waals surface area contributed by atoms with Crippen LogP contribution < -0.4 is 11.3 Å². The van der Waals surface area contributed by atoms with E-state index in [-0.39, 0.29) is 18.0 Å². The van der Waals surface area contributed by atoms with Crippen molar-refractivity contribution in [2.45, 2.75) is 46.1 Å². The van der Waals surface area contributed by atoms with Crippen LogP contribution in [0.25, 0.3) is 11.1 Å². The summed E-state index contributed by atoms with van der Waals surface area (Å²) >= 11 is 0. The number of nitrogens with two attached hydrogens (primary N) is 1. The molecule has 0 aliphatic heterocycles. The highest BCUT2D eigenvalue weighted by molar-refractivity contribution is 5.66. The van der Waals surface area contributed by atoms with E-state index in [0.717, 1.165) is 29.7 Å². The Kier molecular flexibility index (Phi) is 5.37. The van der Waals surface area contributed by atoms with Gasteiger partial charge in [-0.05, 0) is 23.5 Å². The summed E-state index contributed by atoms with van der Waals surface area (Å²) in [4.78, 5) is 12.3. The van der Waals surface area contributed by atoms with Crippen LogP contribution in [0.3, 0.4) is 0 Å². The molecule has 23 heavy (non-hydrogen) atoms. The standard InChI is InChI=1S/C19H25N3O/c1-5-7-15-8-6-9-16(10-15)17-11-18(23)22(12-14(4)20)21-19(17)13(2)3/h6,8-11,13H,4-5,7,12,20H2,1-3H3. The molecule has 1 aromatic carbocycles. The number of nitrogens with zero attached hydrogens (tertiary/aromatic N) is 2. The van der Waals surface area contributed by atoms with E-state index < -0.39 is 0 Å². The number of rotatable bonds is 6. The Morgan fingerprint density at radius 1 is 1.35 bits per heavy atom. The lowest BCUT2D eigenvalue weighted by Gasteiger charge is -2.15. The minimum Gasteiger partial charge on any atom is -0.401 e. The Hall–Kier alpha value is -2.36. The van der Waals surface area contributed by atoms with Gasteiger partial charge in [-0.25, -0.2) is 4.68 Å². The van der Waals surface area contributed by atoms with Gasteiger partial charge in [-0.2, -0.15) is 5.10 Å². The molecule has 122 valence electrons. The largest absolute Gasteiger partial charge is 0.401 e. The molecule has 0 bridgehead atoms. The first-order valence-corrected chi connectivity index (χ1v) is 8.07. The summed E-state index contributed by atoms with van der Waals surface area (Å²) in [7, 11) is 0. The zero-order chi connectivity index (χ0) is 17.0. The molecule has 2 rings (SSSR count). The van der Waals surface area contributed by atoms with Crippen LogP contribution in [-0.4, -0.2) is 9.78 Å². The van der Waals surface area contributed by atoms with Crippen LogP contribution in [0.2, 0.25) is 0 Å². The summed E-state index contributed by atoms with van der Waals surface area (Å²) in [5, 5.41) is 4.53. The summed E-state index contributed by atoms with van der Waals surface area (Å²) in [6.07, 6.45) is 2.13. The second-order valence-electron chi connectivity index (χ2n) is 6.20. The molecule has 1 aromatic heterocycles. The minimum absolute atomic E-state index is 0.156. The van der Waals surface area contributed by atoms with E-state index in [4.69, 9.17) is 5.73 Å². The molecule has 2 aromatic rings. The molecular weight excluding hydrogens is 286 g/mol. The third kappa shape index (κ3) is 4.09. The fraction of sp³-hybridized carbons (Fsp3) is 0.368. The number of benzene rings is 1. The van der Waals surface area contributed by atoms with E-state index in [9.17, 15) is 4.79 Å². The van der Waals surface area contributed by atoms with E-state index in [1.165, 1.54) is 10.2 Å². The average molecular weight is 311 g/mol. The first-order chi connectivity index (χ1) is 10.9. The predicted molar refractivity (Wildman–Crippen MR) is 95.3 cm³/mol. The van der Waals surface area contributed by atoms with Gasteiger partial charge in [0.25, 0.3) is 5.56 Å². The van der Waals surface area contributed by atoms with Gasteiger partial charge in [0.05, 0.1) is 12.2 Å². The molecule has 0 aliphatic rings. The van der Waals surface area contributed by atoms with E-state index in [0.29, 0.717) is 5.70 Å². The third-order valence-electron chi connectivity index (χ3n) is 3.70. The molecule has 0 amide bonds. The topological polar surface area (TPSA) is 60.9 Å². The van der Waals surface area contributed by atoms with Crippen molar-refractivity contribution >= 4 is 0 Å². The molecule has 0 saturated carbocycles. The molecule has 0 saturated heterocycles. The Bertz CT molecular complexity index is 759. The van der Waals surface area contributed by atoms with Gasteiger partial charge in [-0.1, -0.05) is 58.0 Å². The smallest absolute Gasteiger partial charge is 0.267 e. The van der Waals surface area contributed by atoms with Gasteiger partial charge in [0.2, 0.25) is 0 Å². The van der Waals surface area contributed by atoms with Crippen LogP contribution in [-0.2, 0) is 13.0 Å². The lowest BCUT2D eigenvalue weighted by molar-refractivity contribution is 0.598. The molecule has 0 aliphatic carbocycles. The quantitative estimate of drug-likeness (QED) is 0.888. The van der Waals surface area contributed by atoms with Crippen molar-refractivity contribution < 1.29 is 0 Å². The fourth-order valence-electron chi connectivity index (χ4n) is 2.65. The number of aromatic nitrogens is 2. The van der Waals surface area contributed by atoms with Gasteiger partial charge in [0, 0.05) is 17.3 Å². The zero-order valence-electron chi connectivity index (χ0n) is 14.2. The molecule has 0 fully saturated rings. The average Bonchev–Trinajstić information content (AvgIpc) is 2.49. The van der Waals surface area contributed by atoms with E-state index in [1.807, 2.05) is 12.1 Å². The van der Waals surface area contributed by atoms with Crippen molar-refractivity contribution in [1.82, 2.24) is 9.78 Å². The van der Waals surface area contributed by atoms with Crippen LogP contribution in [0.15, 0.2) is 47.4 Å². The lowest BCUT2D eigenvalue weighted by atomic mass is 9.96. The normalized spacial score (nSPS) is 11.0. The summed E-state index contributed by atoms with van der Waals surface area (Å²) in [5.74, 6) is 0.206. The molecule has 1 heterocycles. The maximum Gasteiger partial charge on any atom is 0.267 e. The molecule has 0 spiro atoms. The van der Waals surface area contributed by atoms with Crippen LogP contribution in [0, 0.1) is 0 Å². The van der Waals surface area contributed by atoms with E-state index in [2.05, 4.69) is 44.6 Å². The summed E-state index contributed by atoms with van der Waals surface area (Å²) < 4.78 is 1.39.